The number of H-pyrrole nitrogens is 1. The second-order valence-corrected chi connectivity index (χ2v) is 7.51. The number of nitrogens with one attached hydrogen (secondary N) is 1. The summed E-state index contributed by atoms with van der Waals surface area (Å²) in [4.78, 5) is 24.4. The van der Waals surface area contributed by atoms with Gasteiger partial charge in [0.25, 0.3) is 0 Å². The number of carbonyl (C=O) groups is 1. The quantitative estimate of drug-likeness (QED) is 0.855. The van der Waals surface area contributed by atoms with Crippen LogP contribution in [-0.4, -0.2) is 61.1 Å². The first kappa shape index (κ1) is 17.3. The number of nitrogens with zero attached hydrogens (tertiary/aromatic N) is 5. The Hall–Kier alpha value is -2.15. The van der Waals surface area contributed by atoms with Crippen LogP contribution in [0.4, 0.5) is 0 Å². The van der Waals surface area contributed by atoms with Crippen LogP contribution in [-0.2, 0) is 24.3 Å². The van der Waals surface area contributed by atoms with Crippen molar-refractivity contribution in [3.05, 3.63) is 36.2 Å². The van der Waals surface area contributed by atoms with Gasteiger partial charge in [0.1, 0.15) is 0 Å². The topological polar surface area (TPSA) is 70.1 Å². The normalized spacial score (nSPS) is 24.0. The average molecular weight is 356 g/mol. The third kappa shape index (κ3) is 3.67. The predicted octanol–water partition coefficient (Wildman–Crippen LogP) is 1.68. The third-order valence-electron chi connectivity index (χ3n) is 5.82. The summed E-state index contributed by atoms with van der Waals surface area (Å²) < 4.78 is 1.98. The Morgan fingerprint density at radius 2 is 2.23 bits per heavy atom. The summed E-state index contributed by atoms with van der Waals surface area (Å²) in [5, 5.41) is 4.38. The molecule has 2 saturated heterocycles. The van der Waals surface area contributed by atoms with Gasteiger partial charge < -0.3 is 9.88 Å². The van der Waals surface area contributed by atoms with Crippen LogP contribution in [0.5, 0.6) is 0 Å². The summed E-state index contributed by atoms with van der Waals surface area (Å²) in [6.07, 6.45) is 11.3. The molecule has 1 N–H and O–H groups in total. The highest BCUT2D eigenvalue weighted by Gasteiger charge is 2.38. The van der Waals surface area contributed by atoms with Crippen molar-refractivity contribution in [2.45, 2.75) is 51.7 Å². The van der Waals surface area contributed by atoms with Crippen LogP contribution < -0.4 is 0 Å². The van der Waals surface area contributed by atoms with E-state index in [1.54, 1.807) is 6.33 Å². The molecule has 140 valence electrons. The summed E-state index contributed by atoms with van der Waals surface area (Å²) in [7, 11) is 0. The van der Waals surface area contributed by atoms with Crippen LogP contribution >= 0.6 is 0 Å². The number of rotatable bonds is 6. The molecule has 2 aromatic rings. The van der Waals surface area contributed by atoms with E-state index in [1.165, 1.54) is 5.56 Å². The first-order chi connectivity index (χ1) is 12.7. The Kier molecular flexibility index (Phi) is 5.06. The Morgan fingerprint density at radius 1 is 1.31 bits per heavy atom. The van der Waals surface area contributed by atoms with Crippen molar-refractivity contribution in [1.29, 1.82) is 0 Å². The highest BCUT2D eigenvalue weighted by Crippen LogP contribution is 2.32. The molecule has 4 rings (SSSR count). The van der Waals surface area contributed by atoms with Gasteiger partial charge in [-0.3, -0.25) is 14.4 Å². The highest BCUT2D eigenvalue weighted by atomic mass is 16.2. The van der Waals surface area contributed by atoms with Crippen molar-refractivity contribution in [2.24, 2.45) is 5.92 Å². The van der Waals surface area contributed by atoms with Gasteiger partial charge in [-0.2, -0.15) is 5.10 Å². The largest absolute Gasteiger partial charge is 0.348 e. The number of aromatic nitrogens is 4. The number of aromatic amines is 1. The highest BCUT2D eigenvalue weighted by molar-refractivity contribution is 5.77. The van der Waals surface area contributed by atoms with Gasteiger partial charge in [-0.05, 0) is 25.7 Å². The van der Waals surface area contributed by atoms with Gasteiger partial charge in [0.2, 0.25) is 5.91 Å². The number of imidazole rings is 1. The molecule has 1 amide bonds. The summed E-state index contributed by atoms with van der Waals surface area (Å²) in [5.74, 6) is 0.910. The lowest BCUT2D eigenvalue weighted by atomic mass is 9.83. The monoisotopic (exact) mass is 356 g/mol. The summed E-state index contributed by atoms with van der Waals surface area (Å²) in [5.41, 5.74) is 2.39. The van der Waals surface area contributed by atoms with E-state index in [9.17, 15) is 4.79 Å². The standard InChI is InChI=1S/C19H28N6O/c1-2-24-12-15(9-22-24)11-23-7-6-18-16(13-23)3-4-19(26)25(18)8-5-17-10-20-14-21-17/h9-10,12,14,16,18H,2-8,11,13H2,1H3,(H,20,21)/t16-,18+/m0/s1. The third-order valence-corrected chi connectivity index (χ3v) is 5.82. The van der Waals surface area contributed by atoms with E-state index in [2.05, 4.69) is 38.0 Å². The summed E-state index contributed by atoms with van der Waals surface area (Å²) >= 11 is 0. The maximum Gasteiger partial charge on any atom is 0.222 e. The van der Waals surface area contributed by atoms with E-state index in [1.807, 2.05) is 17.1 Å². The predicted molar refractivity (Wildman–Crippen MR) is 98.3 cm³/mol. The molecule has 2 fully saturated rings. The van der Waals surface area contributed by atoms with Crippen LogP contribution in [0.25, 0.3) is 0 Å². The zero-order chi connectivity index (χ0) is 17.9. The van der Waals surface area contributed by atoms with Gasteiger partial charge in [0, 0.05) is 75.3 Å². The fourth-order valence-corrected chi connectivity index (χ4v) is 4.44. The fraction of sp³-hybridized carbons (Fsp3) is 0.632. The zero-order valence-electron chi connectivity index (χ0n) is 15.5. The fourth-order valence-electron chi connectivity index (χ4n) is 4.44. The lowest BCUT2D eigenvalue weighted by molar-refractivity contribution is -0.141. The van der Waals surface area contributed by atoms with Crippen LogP contribution in [0.1, 0.15) is 37.4 Å². The average Bonchev–Trinajstić information content (AvgIpc) is 3.32. The second-order valence-electron chi connectivity index (χ2n) is 7.51. The number of aryl methyl sites for hydroxylation is 1. The van der Waals surface area contributed by atoms with Crippen molar-refractivity contribution in [2.75, 3.05) is 19.6 Å². The van der Waals surface area contributed by atoms with E-state index >= 15 is 0 Å². The molecule has 26 heavy (non-hydrogen) atoms. The number of piperidine rings is 2. The van der Waals surface area contributed by atoms with Crippen molar-refractivity contribution in [1.82, 2.24) is 29.5 Å². The van der Waals surface area contributed by atoms with Gasteiger partial charge >= 0.3 is 0 Å². The van der Waals surface area contributed by atoms with Gasteiger partial charge in [0.15, 0.2) is 0 Å². The molecule has 0 unspecified atom stereocenters. The number of hydrogen-bond acceptors (Lipinski definition) is 4. The second kappa shape index (κ2) is 7.61. The van der Waals surface area contributed by atoms with Gasteiger partial charge in [-0.15, -0.1) is 0 Å². The molecule has 7 nitrogen and oxygen atoms in total. The molecule has 4 heterocycles. The lowest BCUT2D eigenvalue weighted by Gasteiger charge is -2.47. The molecule has 0 aromatic carbocycles. The number of carbonyl (C=O) groups excluding carboxylic acids is 1. The molecular weight excluding hydrogens is 328 g/mol. The minimum atomic E-state index is 0.323. The van der Waals surface area contributed by atoms with Crippen molar-refractivity contribution in [3.63, 3.8) is 0 Å². The minimum absolute atomic E-state index is 0.323. The zero-order valence-corrected chi connectivity index (χ0v) is 15.5. The van der Waals surface area contributed by atoms with E-state index in [0.717, 1.165) is 57.7 Å². The summed E-state index contributed by atoms with van der Waals surface area (Å²) in [6, 6.07) is 0.397. The summed E-state index contributed by atoms with van der Waals surface area (Å²) in [6.45, 7) is 6.91. The van der Waals surface area contributed by atoms with E-state index in [-0.39, 0.29) is 0 Å². The Morgan fingerprint density at radius 3 is 3.00 bits per heavy atom. The smallest absolute Gasteiger partial charge is 0.222 e. The minimum Gasteiger partial charge on any atom is -0.348 e. The molecule has 2 aliphatic rings. The van der Waals surface area contributed by atoms with Crippen LogP contribution in [0.2, 0.25) is 0 Å². The Balaban J connectivity index is 1.36. The van der Waals surface area contributed by atoms with Gasteiger partial charge in [-0.1, -0.05) is 0 Å². The molecule has 2 atom stereocenters. The van der Waals surface area contributed by atoms with Crippen molar-refractivity contribution in [3.8, 4) is 0 Å². The van der Waals surface area contributed by atoms with Crippen LogP contribution in [0.3, 0.4) is 0 Å². The SMILES string of the molecule is CCn1cc(CN2CC[C@@H]3[C@@H](CCC(=O)N3CCc3cnc[nH]3)C2)cn1. The molecule has 0 radical (unpaired) electrons. The van der Waals surface area contributed by atoms with E-state index in [0.29, 0.717) is 24.3 Å². The maximum absolute atomic E-state index is 12.5. The molecule has 7 heteroatoms. The molecular formula is C19H28N6O. The first-order valence-corrected chi connectivity index (χ1v) is 9.73. The molecule has 0 aliphatic carbocycles. The lowest BCUT2D eigenvalue weighted by Crippen LogP contribution is -2.56. The molecule has 0 saturated carbocycles. The van der Waals surface area contributed by atoms with Crippen molar-refractivity contribution < 1.29 is 4.79 Å². The Labute approximate surface area is 154 Å². The molecule has 2 aromatic heterocycles. The number of amides is 1. The van der Waals surface area contributed by atoms with Crippen molar-refractivity contribution >= 4 is 5.91 Å². The Bertz CT molecular complexity index is 724. The first-order valence-electron chi connectivity index (χ1n) is 9.73. The van der Waals surface area contributed by atoms with Gasteiger partial charge in [-0.25, -0.2) is 4.98 Å². The van der Waals surface area contributed by atoms with Gasteiger partial charge in [0.05, 0.1) is 12.5 Å². The molecule has 0 bridgehead atoms. The maximum atomic E-state index is 12.5. The van der Waals surface area contributed by atoms with Crippen LogP contribution in [0.15, 0.2) is 24.9 Å². The molecule has 2 aliphatic heterocycles. The number of likely N-dealkylation sites (tertiary alicyclic amines) is 2. The van der Waals surface area contributed by atoms with Crippen LogP contribution in [0, 0.1) is 5.92 Å². The number of fused-ring (bicyclic) bond motifs is 1. The molecule has 0 spiro atoms. The van der Waals surface area contributed by atoms with E-state index in [4.69, 9.17) is 0 Å². The number of hydrogen-bond donors (Lipinski definition) is 1. The van der Waals surface area contributed by atoms with E-state index < -0.39 is 0 Å².